The van der Waals surface area contributed by atoms with Gasteiger partial charge in [0.1, 0.15) is 5.69 Å². The van der Waals surface area contributed by atoms with Gasteiger partial charge < -0.3 is 10.3 Å². The van der Waals surface area contributed by atoms with Crippen molar-refractivity contribution in [3.63, 3.8) is 0 Å². The van der Waals surface area contributed by atoms with Crippen LogP contribution in [0.1, 0.15) is 61.8 Å². The molecule has 3 rings (SSSR count). The van der Waals surface area contributed by atoms with Crippen LogP contribution in [0.15, 0.2) is 28.8 Å². The second-order valence-corrected chi connectivity index (χ2v) is 9.50. The molecular weight excluding hydrogens is 360 g/mol. The Balaban J connectivity index is 1.62. The van der Waals surface area contributed by atoms with E-state index in [1.165, 1.54) is 17.6 Å². The monoisotopic (exact) mass is 396 g/mol. The summed E-state index contributed by atoms with van der Waals surface area (Å²) in [6.45, 7) is 17.5. The van der Waals surface area contributed by atoms with Crippen LogP contribution in [0, 0.1) is 18.3 Å². The normalized spacial score (nSPS) is 22.3. The van der Waals surface area contributed by atoms with E-state index in [0.717, 1.165) is 50.3 Å². The highest BCUT2D eigenvalue weighted by atomic mass is 16.1. The first-order chi connectivity index (χ1) is 13.7. The number of carbonyl (C=O) groups is 1. The highest BCUT2D eigenvalue weighted by Crippen LogP contribution is 2.42. The summed E-state index contributed by atoms with van der Waals surface area (Å²) < 4.78 is 0. The van der Waals surface area contributed by atoms with Crippen molar-refractivity contribution in [3.05, 3.63) is 40.7 Å². The van der Waals surface area contributed by atoms with Gasteiger partial charge in [-0.1, -0.05) is 32.9 Å². The number of amides is 1. The van der Waals surface area contributed by atoms with Gasteiger partial charge in [0.05, 0.1) is 6.54 Å². The highest BCUT2D eigenvalue weighted by molar-refractivity contribution is 5.93. The molecule has 5 heteroatoms. The summed E-state index contributed by atoms with van der Waals surface area (Å²) in [5.74, 6) is 0.621. The molecule has 1 unspecified atom stereocenters. The number of aromatic nitrogens is 1. The predicted octanol–water partition coefficient (Wildman–Crippen LogP) is 4.23. The van der Waals surface area contributed by atoms with Gasteiger partial charge in [-0.2, -0.15) is 0 Å². The fraction of sp³-hybridized carbons (Fsp3) is 0.583. The Hall–Kier alpha value is -2.14. The van der Waals surface area contributed by atoms with E-state index in [2.05, 4.69) is 60.5 Å². The number of aromatic amines is 1. The molecule has 1 atom stereocenters. The van der Waals surface area contributed by atoms with Crippen molar-refractivity contribution >= 4 is 18.2 Å². The Labute approximate surface area is 175 Å². The van der Waals surface area contributed by atoms with Crippen LogP contribution in [0.4, 0.5) is 0 Å². The van der Waals surface area contributed by atoms with Crippen LogP contribution < -0.4 is 5.32 Å². The van der Waals surface area contributed by atoms with Crippen molar-refractivity contribution in [1.29, 1.82) is 0 Å². The molecule has 1 aliphatic heterocycles. The molecule has 1 aliphatic carbocycles. The molecular formula is C24H36N4O. The van der Waals surface area contributed by atoms with Crippen molar-refractivity contribution in [2.75, 3.05) is 32.7 Å². The van der Waals surface area contributed by atoms with Crippen LogP contribution in [0.25, 0.3) is 6.08 Å². The number of allylic oxidation sites excluding steroid dienone is 2. The number of H-pyrrole nitrogens is 1. The average molecular weight is 397 g/mol. The van der Waals surface area contributed by atoms with E-state index in [0.29, 0.717) is 23.6 Å². The lowest BCUT2D eigenvalue weighted by atomic mass is 9.69. The number of nitrogens with one attached hydrogen (secondary N) is 2. The third-order valence-corrected chi connectivity index (χ3v) is 6.29. The second kappa shape index (κ2) is 9.12. The first kappa shape index (κ1) is 21.6. The maximum Gasteiger partial charge on any atom is 0.267 e. The maximum absolute atomic E-state index is 12.6. The number of nitrogens with zero attached hydrogens (tertiary/aromatic N) is 2. The largest absolute Gasteiger partial charge is 0.351 e. The molecule has 158 valence electrons. The Kier molecular flexibility index (Phi) is 6.78. The van der Waals surface area contributed by atoms with E-state index >= 15 is 0 Å². The van der Waals surface area contributed by atoms with E-state index in [1.807, 2.05) is 12.3 Å². The molecule has 0 aromatic carbocycles. The Morgan fingerprint density at radius 2 is 2.24 bits per heavy atom. The van der Waals surface area contributed by atoms with Crippen molar-refractivity contribution < 1.29 is 4.79 Å². The highest BCUT2D eigenvalue weighted by Gasteiger charge is 2.29. The van der Waals surface area contributed by atoms with E-state index in [-0.39, 0.29) is 5.91 Å². The van der Waals surface area contributed by atoms with Gasteiger partial charge in [0.25, 0.3) is 5.91 Å². The molecule has 1 fully saturated rings. The third-order valence-electron chi connectivity index (χ3n) is 6.29. The minimum Gasteiger partial charge on any atom is -0.351 e. The number of hydrogen-bond donors (Lipinski definition) is 2. The number of hydrogen-bond acceptors (Lipinski definition) is 3. The van der Waals surface area contributed by atoms with Crippen molar-refractivity contribution in [1.82, 2.24) is 15.2 Å². The standard InChI is InChI=1S/C24H36N4O/c1-17-6-7-20(24(3,4)5)15-19(17)16-21-18(2)14-22(27-21)23(29)26-10-13-28-11-8-25-9-12-28/h8,14,16,20,27H,1,6-7,9-13,15H2,2-5H3,(H,26,29)/b19-16-. The molecule has 0 bridgehead atoms. The van der Waals surface area contributed by atoms with Gasteiger partial charge in [0, 0.05) is 38.1 Å². The molecule has 2 N–H and O–H groups in total. The lowest BCUT2D eigenvalue weighted by molar-refractivity contribution is 0.0945. The summed E-state index contributed by atoms with van der Waals surface area (Å²) in [4.78, 5) is 22.4. The van der Waals surface area contributed by atoms with E-state index < -0.39 is 0 Å². The summed E-state index contributed by atoms with van der Waals surface area (Å²) in [6.07, 6.45) is 7.48. The molecule has 0 radical (unpaired) electrons. The SMILES string of the molecule is C=C1CCC(C(C)(C)C)C/C1=C/c1[nH]c(C(=O)NCCN2CC=NCC2)cc1C. The van der Waals surface area contributed by atoms with Crippen molar-refractivity contribution in [2.45, 2.75) is 47.0 Å². The van der Waals surface area contributed by atoms with Crippen molar-refractivity contribution in [2.24, 2.45) is 16.3 Å². The van der Waals surface area contributed by atoms with Crippen LogP contribution in [0.5, 0.6) is 0 Å². The summed E-state index contributed by atoms with van der Waals surface area (Å²) >= 11 is 0. The van der Waals surface area contributed by atoms with Gasteiger partial charge in [-0.05, 0) is 60.8 Å². The Morgan fingerprint density at radius 3 is 2.93 bits per heavy atom. The Bertz CT molecular complexity index is 809. The number of aliphatic imine (C=N–C) groups is 1. The molecule has 1 aromatic rings. The van der Waals surface area contributed by atoms with Crippen molar-refractivity contribution in [3.8, 4) is 0 Å². The molecule has 5 nitrogen and oxygen atoms in total. The fourth-order valence-corrected chi connectivity index (χ4v) is 4.12. The minimum atomic E-state index is -0.0431. The second-order valence-electron chi connectivity index (χ2n) is 9.50. The zero-order valence-corrected chi connectivity index (χ0v) is 18.5. The van der Waals surface area contributed by atoms with E-state index in [1.54, 1.807) is 0 Å². The van der Waals surface area contributed by atoms with Gasteiger partial charge in [-0.15, -0.1) is 0 Å². The van der Waals surface area contributed by atoms with Crippen LogP contribution in [-0.2, 0) is 0 Å². The summed E-state index contributed by atoms with van der Waals surface area (Å²) in [6, 6.07) is 1.95. The van der Waals surface area contributed by atoms with Crippen LogP contribution in [0.2, 0.25) is 0 Å². The number of carbonyl (C=O) groups excluding carboxylic acids is 1. The molecule has 29 heavy (non-hydrogen) atoms. The number of aryl methyl sites for hydroxylation is 1. The predicted molar refractivity (Wildman–Crippen MR) is 122 cm³/mol. The van der Waals surface area contributed by atoms with Gasteiger partial charge in [-0.25, -0.2) is 0 Å². The lowest BCUT2D eigenvalue weighted by Gasteiger charge is -2.36. The first-order valence-corrected chi connectivity index (χ1v) is 10.8. The van der Waals surface area contributed by atoms with Crippen LogP contribution in [-0.4, -0.2) is 54.7 Å². The molecule has 1 aromatic heterocycles. The maximum atomic E-state index is 12.6. The zero-order chi connectivity index (χ0) is 21.0. The number of rotatable bonds is 5. The molecule has 0 spiro atoms. The zero-order valence-electron chi connectivity index (χ0n) is 18.5. The summed E-state index contributed by atoms with van der Waals surface area (Å²) in [7, 11) is 0. The fourth-order valence-electron chi connectivity index (χ4n) is 4.12. The lowest BCUT2D eigenvalue weighted by Crippen LogP contribution is -2.38. The van der Waals surface area contributed by atoms with Gasteiger partial charge in [0.15, 0.2) is 0 Å². The molecule has 2 heterocycles. The van der Waals surface area contributed by atoms with Gasteiger partial charge in [-0.3, -0.25) is 14.7 Å². The first-order valence-electron chi connectivity index (χ1n) is 10.8. The molecule has 2 aliphatic rings. The van der Waals surface area contributed by atoms with Crippen LogP contribution in [0.3, 0.4) is 0 Å². The van der Waals surface area contributed by atoms with Gasteiger partial charge in [0.2, 0.25) is 0 Å². The molecule has 1 amide bonds. The van der Waals surface area contributed by atoms with Crippen LogP contribution >= 0.6 is 0 Å². The summed E-state index contributed by atoms with van der Waals surface area (Å²) in [5.41, 5.74) is 5.60. The third kappa shape index (κ3) is 5.69. The minimum absolute atomic E-state index is 0.0431. The molecule has 1 saturated carbocycles. The quantitative estimate of drug-likeness (QED) is 0.783. The average Bonchev–Trinajstić information content (AvgIpc) is 3.04. The van der Waals surface area contributed by atoms with E-state index in [9.17, 15) is 4.79 Å². The molecule has 0 saturated heterocycles. The van der Waals surface area contributed by atoms with E-state index in [4.69, 9.17) is 0 Å². The topological polar surface area (TPSA) is 60.5 Å². The smallest absolute Gasteiger partial charge is 0.267 e. The Morgan fingerprint density at radius 1 is 1.45 bits per heavy atom. The summed E-state index contributed by atoms with van der Waals surface area (Å²) in [5, 5.41) is 3.03. The van der Waals surface area contributed by atoms with Gasteiger partial charge >= 0.3 is 0 Å².